The van der Waals surface area contributed by atoms with Gasteiger partial charge in [0.15, 0.2) is 4.96 Å². The molecule has 8 heteroatoms. The van der Waals surface area contributed by atoms with Crippen LogP contribution in [0.2, 0.25) is 0 Å². The van der Waals surface area contributed by atoms with Crippen LogP contribution in [0.1, 0.15) is 29.7 Å². The van der Waals surface area contributed by atoms with Crippen LogP contribution in [0, 0.1) is 13.8 Å². The summed E-state index contributed by atoms with van der Waals surface area (Å²) in [5, 5.41) is 17.9. The van der Waals surface area contributed by atoms with Crippen LogP contribution in [0.25, 0.3) is 4.96 Å². The van der Waals surface area contributed by atoms with Gasteiger partial charge in [-0.05, 0) is 26.8 Å². The van der Waals surface area contributed by atoms with E-state index in [1.54, 1.807) is 19.9 Å². The SMILES string of the molecule is Cc1cc([C@@](C)(O)CNC(=O)NCc2cn3ccsc3n2)c(C)o1. The van der Waals surface area contributed by atoms with E-state index in [9.17, 15) is 9.90 Å². The van der Waals surface area contributed by atoms with Gasteiger partial charge in [-0.3, -0.25) is 4.40 Å². The highest BCUT2D eigenvalue weighted by Crippen LogP contribution is 2.26. The highest BCUT2D eigenvalue weighted by molar-refractivity contribution is 7.15. The van der Waals surface area contributed by atoms with E-state index in [2.05, 4.69) is 15.6 Å². The first-order chi connectivity index (χ1) is 11.3. The van der Waals surface area contributed by atoms with E-state index in [4.69, 9.17) is 4.42 Å². The van der Waals surface area contributed by atoms with Crippen LogP contribution in [-0.2, 0) is 12.1 Å². The number of hydrogen-bond donors (Lipinski definition) is 3. The van der Waals surface area contributed by atoms with Crippen molar-refractivity contribution in [1.29, 1.82) is 0 Å². The van der Waals surface area contributed by atoms with Crippen LogP contribution in [0.3, 0.4) is 0 Å². The minimum absolute atomic E-state index is 0.0803. The molecule has 128 valence electrons. The van der Waals surface area contributed by atoms with Crippen LogP contribution < -0.4 is 10.6 Å². The Morgan fingerprint density at radius 3 is 2.92 bits per heavy atom. The zero-order valence-corrected chi connectivity index (χ0v) is 14.6. The zero-order valence-electron chi connectivity index (χ0n) is 13.8. The molecule has 0 saturated carbocycles. The molecule has 2 amide bonds. The summed E-state index contributed by atoms with van der Waals surface area (Å²) >= 11 is 1.54. The molecule has 0 spiro atoms. The summed E-state index contributed by atoms with van der Waals surface area (Å²) in [5.41, 5.74) is 0.260. The summed E-state index contributed by atoms with van der Waals surface area (Å²) in [7, 11) is 0. The first-order valence-corrected chi connectivity index (χ1v) is 8.46. The van der Waals surface area contributed by atoms with Crippen molar-refractivity contribution in [3.05, 3.63) is 46.6 Å². The lowest BCUT2D eigenvalue weighted by Gasteiger charge is -2.23. The number of aromatic nitrogens is 2. The van der Waals surface area contributed by atoms with Gasteiger partial charge in [0.05, 0.1) is 18.8 Å². The number of nitrogens with one attached hydrogen (secondary N) is 2. The first kappa shape index (κ1) is 16.5. The molecule has 3 aromatic heterocycles. The Kier molecular flexibility index (Phi) is 4.33. The fourth-order valence-corrected chi connectivity index (χ4v) is 3.33. The van der Waals surface area contributed by atoms with Crippen LogP contribution in [0.5, 0.6) is 0 Å². The second kappa shape index (κ2) is 6.29. The summed E-state index contributed by atoms with van der Waals surface area (Å²) in [6, 6.07) is 1.43. The molecule has 0 aromatic carbocycles. The Balaban J connectivity index is 1.53. The van der Waals surface area contributed by atoms with Crippen molar-refractivity contribution in [3.8, 4) is 0 Å². The third-order valence-corrected chi connectivity index (χ3v) is 4.56. The fourth-order valence-electron chi connectivity index (χ4n) is 2.61. The molecule has 7 nitrogen and oxygen atoms in total. The molecule has 0 unspecified atom stereocenters. The number of imidazole rings is 1. The predicted molar refractivity (Wildman–Crippen MR) is 91.1 cm³/mol. The summed E-state index contributed by atoms with van der Waals surface area (Å²) in [4.78, 5) is 17.2. The summed E-state index contributed by atoms with van der Waals surface area (Å²) in [6.07, 6.45) is 3.79. The number of thiazole rings is 1. The number of nitrogens with zero attached hydrogens (tertiary/aromatic N) is 2. The van der Waals surface area contributed by atoms with Crippen LogP contribution >= 0.6 is 11.3 Å². The number of aliphatic hydroxyl groups is 1. The maximum Gasteiger partial charge on any atom is 0.315 e. The average molecular weight is 348 g/mol. The Morgan fingerprint density at radius 1 is 1.46 bits per heavy atom. The van der Waals surface area contributed by atoms with E-state index < -0.39 is 5.60 Å². The second-order valence-corrected chi connectivity index (χ2v) is 6.84. The van der Waals surface area contributed by atoms with Gasteiger partial charge < -0.3 is 20.2 Å². The Hall–Kier alpha value is -2.32. The van der Waals surface area contributed by atoms with Gasteiger partial charge in [0, 0.05) is 23.3 Å². The second-order valence-electron chi connectivity index (χ2n) is 5.96. The van der Waals surface area contributed by atoms with E-state index in [0.29, 0.717) is 17.9 Å². The lowest BCUT2D eigenvalue weighted by atomic mass is 9.96. The van der Waals surface area contributed by atoms with Gasteiger partial charge in [-0.15, -0.1) is 11.3 Å². The van der Waals surface area contributed by atoms with Crippen molar-refractivity contribution in [3.63, 3.8) is 0 Å². The molecule has 1 atom stereocenters. The van der Waals surface area contributed by atoms with E-state index in [0.717, 1.165) is 16.4 Å². The van der Waals surface area contributed by atoms with Gasteiger partial charge in [0.25, 0.3) is 0 Å². The van der Waals surface area contributed by atoms with Crippen molar-refractivity contribution in [2.45, 2.75) is 32.9 Å². The molecule has 3 rings (SSSR count). The lowest BCUT2D eigenvalue weighted by molar-refractivity contribution is 0.0579. The third kappa shape index (κ3) is 3.44. The average Bonchev–Trinajstić information content (AvgIpc) is 3.17. The molecule has 24 heavy (non-hydrogen) atoms. The number of fused-ring (bicyclic) bond motifs is 1. The molecule has 0 saturated heterocycles. The number of furan rings is 1. The molecule has 0 bridgehead atoms. The molecule has 0 aliphatic carbocycles. The quantitative estimate of drug-likeness (QED) is 0.660. The lowest BCUT2D eigenvalue weighted by Crippen LogP contribution is -2.43. The van der Waals surface area contributed by atoms with Crippen molar-refractivity contribution in [2.75, 3.05) is 6.54 Å². The van der Waals surface area contributed by atoms with Crippen molar-refractivity contribution >= 4 is 22.3 Å². The van der Waals surface area contributed by atoms with E-state index in [1.807, 2.05) is 29.1 Å². The largest absolute Gasteiger partial charge is 0.466 e. The molecule has 0 aliphatic heterocycles. The zero-order chi connectivity index (χ0) is 17.3. The monoisotopic (exact) mass is 348 g/mol. The maximum atomic E-state index is 11.9. The molecule has 3 heterocycles. The first-order valence-electron chi connectivity index (χ1n) is 7.58. The normalized spacial score (nSPS) is 13.8. The molecule has 0 aliphatic rings. The van der Waals surface area contributed by atoms with E-state index >= 15 is 0 Å². The maximum absolute atomic E-state index is 11.9. The van der Waals surface area contributed by atoms with E-state index in [-0.39, 0.29) is 12.6 Å². The van der Waals surface area contributed by atoms with Crippen LogP contribution in [0.15, 0.2) is 28.3 Å². The fraction of sp³-hybridized carbons (Fsp3) is 0.375. The molecule has 0 fully saturated rings. The van der Waals surface area contributed by atoms with Crippen molar-refractivity contribution in [1.82, 2.24) is 20.0 Å². The van der Waals surface area contributed by atoms with Gasteiger partial charge in [0.1, 0.15) is 17.1 Å². The Labute approximate surface area is 143 Å². The summed E-state index contributed by atoms with van der Waals surface area (Å²) < 4.78 is 7.35. The summed E-state index contributed by atoms with van der Waals surface area (Å²) in [5.74, 6) is 1.38. The molecule has 3 N–H and O–H groups in total. The van der Waals surface area contributed by atoms with Gasteiger partial charge >= 0.3 is 6.03 Å². The number of hydrogen-bond acceptors (Lipinski definition) is 5. The number of aryl methyl sites for hydroxylation is 2. The summed E-state index contributed by atoms with van der Waals surface area (Å²) in [6.45, 7) is 5.67. The number of carbonyl (C=O) groups is 1. The van der Waals surface area contributed by atoms with Gasteiger partial charge in [-0.2, -0.15) is 0 Å². The number of amides is 2. The van der Waals surface area contributed by atoms with Crippen molar-refractivity contribution in [2.24, 2.45) is 0 Å². The smallest absolute Gasteiger partial charge is 0.315 e. The van der Waals surface area contributed by atoms with Crippen molar-refractivity contribution < 1.29 is 14.3 Å². The highest BCUT2D eigenvalue weighted by Gasteiger charge is 2.28. The Bertz CT molecular complexity index is 833. The minimum Gasteiger partial charge on any atom is -0.466 e. The predicted octanol–water partition coefficient (Wildman–Crippen LogP) is 2.31. The molecular formula is C16H20N4O3S. The van der Waals surface area contributed by atoms with Gasteiger partial charge in [0.2, 0.25) is 0 Å². The molecule has 3 aromatic rings. The Morgan fingerprint density at radius 2 is 2.25 bits per heavy atom. The highest BCUT2D eigenvalue weighted by atomic mass is 32.1. The van der Waals surface area contributed by atoms with Gasteiger partial charge in [-0.25, -0.2) is 9.78 Å². The number of carbonyl (C=O) groups excluding carboxylic acids is 1. The van der Waals surface area contributed by atoms with Crippen LogP contribution in [0.4, 0.5) is 4.79 Å². The van der Waals surface area contributed by atoms with Gasteiger partial charge in [-0.1, -0.05) is 0 Å². The number of urea groups is 1. The minimum atomic E-state index is -1.20. The molecular weight excluding hydrogens is 328 g/mol. The third-order valence-electron chi connectivity index (χ3n) is 3.79. The molecule has 0 radical (unpaired) electrons. The van der Waals surface area contributed by atoms with E-state index in [1.165, 1.54) is 11.3 Å². The van der Waals surface area contributed by atoms with Crippen LogP contribution in [-0.4, -0.2) is 27.1 Å². The standard InChI is InChI=1S/C16H20N4O3S/c1-10-6-13(11(2)23-10)16(3,22)9-18-14(21)17-7-12-8-20-4-5-24-15(20)19-12/h4-6,8,22H,7,9H2,1-3H3,(H2,17,18,21)/t16-/m0/s1. The number of rotatable bonds is 5. The topological polar surface area (TPSA) is 91.8 Å².